The van der Waals surface area contributed by atoms with Crippen molar-refractivity contribution in [3.63, 3.8) is 0 Å². The molecule has 0 radical (unpaired) electrons. The van der Waals surface area contributed by atoms with Gasteiger partial charge in [-0.05, 0) is 31.5 Å². The Morgan fingerprint density at radius 1 is 1.19 bits per heavy atom. The van der Waals surface area contributed by atoms with Crippen molar-refractivity contribution in [1.82, 2.24) is 25.4 Å². The number of nitrogens with zero attached hydrogens (tertiary/aromatic N) is 4. The SMILES string of the molecule is Cc1nnc(CN=C(NCc2ccco2)NC(C)c2ccccc2)n1C.I. The Balaban J connectivity index is 0.00000261. The van der Waals surface area contributed by atoms with Crippen LogP contribution in [0.2, 0.25) is 0 Å². The molecule has 2 aromatic heterocycles. The van der Waals surface area contributed by atoms with Crippen molar-refractivity contribution in [2.75, 3.05) is 0 Å². The van der Waals surface area contributed by atoms with E-state index in [-0.39, 0.29) is 30.0 Å². The lowest BCUT2D eigenvalue weighted by molar-refractivity contribution is 0.500. The van der Waals surface area contributed by atoms with Crippen LogP contribution in [0.15, 0.2) is 58.1 Å². The van der Waals surface area contributed by atoms with Crippen molar-refractivity contribution in [2.45, 2.75) is 33.0 Å². The Hall–Kier alpha value is -2.36. The Morgan fingerprint density at radius 3 is 2.59 bits per heavy atom. The molecule has 144 valence electrons. The average molecular weight is 480 g/mol. The number of rotatable bonds is 6. The molecule has 1 aromatic carbocycles. The molecule has 1 atom stereocenters. The minimum absolute atomic E-state index is 0. The smallest absolute Gasteiger partial charge is 0.192 e. The van der Waals surface area contributed by atoms with Crippen LogP contribution in [0.5, 0.6) is 0 Å². The summed E-state index contributed by atoms with van der Waals surface area (Å²) >= 11 is 0. The first-order chi connectivity index (χ1) is 12.6. The zero-order chi connectivity index (χ0) is 18.4. The molecule has 2 N–H and O–H groups in total. The average Bonchev–Trinajstić information content (AvgIpc) is 3.29. The van der Waals surface area contributed by atoms with E-state index in [1.807, 2.05) is 48.9 Å². The van der Waals surface area contributed by atoms with Gasteiger partial charge in [0.05, 0.1) is 18.8 Å². The van der Waals surface area contributed by atoms with Gasteiger partial charge in [-0.15, -0.1) is 34.2 Å². The summed E-state index contributed by atoms with van der Waals surface area (Å²) in [5.74, 6) is 3.22. The summed E-state index contributed by atoms with van der Waals surface area (Å²) in [4.78, 5) is 4.66. The summed E-state index contributed by atoms with van der Waals surface area (Å²) in [6, 6.07) is 14.2. The van der Waals surface area contributed by atoms with Crippen molar-refractivity contribution in [3.05, 3.63) is 71.7 Å². The van der Waals surface area contributed by atoms with Crippen LogP contribution in [-0.2, 0) is 20.1 Å². The lowest BCUT2D eigenvalue weighted by Crippen LogP contribution is -2.38. The van der Waals surface area contributed by atoms with Crippen LogP contribution in [0.4, 0.5) is 0 Å². The van der Waals surface area contributed by atoms with Gasteiger partial charge in [-0.25, -0.2) is 4.99 Å². The first kappa shape index (κ1) is 20.9. The van der Waals surface area contributed by atoms with Crippen LogP contribution < -0.4 is 10.6 Å². The van der Waals surface area contributed by atoms with E-state index in [9.17, 15) is 0 Å². The molecule has 8 heteroatoms. The molecule has 0 saturated heterocycles. The van der Waals surface area contributed by atoms with E-state index in [4.69, 9.17) is 4.42 Å². The number of aliphatic imine (C=N–C) groups is 1. The molecule has 3 aromatic rings. The lowest BCUT2D eigenvalue weighted by atomic mass is 10.1. The lowest BCUT2D eigenvalue weighted by Gasteiger charge is -2.18. The number of guanidine groups is 1. The molecular formula is C19H25IN6O. The first-order valence-electron chi connectivity index (χ1n) is 8.60. The van der Waals surface area contributed by atoms with Gasteiger partial charge in [0.1, 0.15) is 18.1 Å². The Bertz CT molecular complexity index is 844. The van der Waals surface area contributed by atoms with Crippen molar-refractivity contribution in [1.29, 1.82) is 0 Å². The standard InChI is InChI=1S/C19H24N6O.HI/c1-14(16-8-5-4-6-9-16)22-19(20-12-17-10-7-11-26-17)21-13-18-24-23-15(2)25(18)3;/h4-11,14H,12-13H2,1-3H3,(H2,20,21,22);1H. The van der Waals surface area contributed by atoms with E-state index >= 15 is 0 Å². The van der Waals surface area contributed by atoms with Gasteiger partial charge < -0.3 is 19.6 Å². The van der Waals surface area contributed by atoms with Gasteiger partial charge in [0.2, 0.25) is 0 Å². The number of hydrogen-bond acceptors (Lipinski definition) is 4. The summed E-state index contributed by atoms with van der Waals surface area (Å²) < 4.78 is 7.33. The quantitative estimate of drug-likeness (QED) is 0.322. The Morgan fingerprint density at radius 2 is 1.96 bits per heavy atom. The van der Waals surface area contributed by atoms with Gasteiger partial charge in [-0.3, -0.25) is 0 Å². The summed E-state index contributed by atoms with van der Waals surface area (Å²) in [5.41, 5.74) is 1.19. The van der Waals surface area contributed by atoms with Gasteiger partial charge in [-0.1, -0.05) is 30.3 Å². The molecule has 0 fully saturated rings. The van der Waals surface area contributed by atoms with E-state index in [1.165, 1.54) is 5.56 Å². The fourth-order valence-electron chi connectivity index (χ4n) is 2.51. The number of halogens is 1. The third kappa shape index (κ3) is 5.81. The maximum Gasteiger partial charge on any atom is 0.192 e. The van der Waals surface area contributed by atoms with Crippen LogP contribution in [0.1, 0.15) is 35.9 Å². The second kappa shape index (κ2) is 10.1. The second-order valence-corrected chi connectivity index (χ2v) is 6.10. The Kier molecular flexibility index (Phi) is 7.83. The number of aromatic nitrogens is 3. The molecule has 0 bridgehead atoms. The summed E-state index contributed by atoms with van der Waals surface area (Å²) in [6.45, 7) is 5.02. The molecule has 3 rings (SSSR count). The zero-order valence-electron chi connectivity index (χ0n) is 15.7. The summed E-state index contributed by atoms with van der Waals surface area (Å²) in [7, 11) is 1.94. The fourth-order valence-corrected chi connectivity index (χ4v) is 2.51. The summed E-state index contributed by atoms with van der Waals surface area (Å²) in [5, 5.41) is 15.0. The topological polar surface area (TPSA) is 80.3 Å². The number of benzene rings is 1. The van der Waals surface area contributed by atoms with E-state index in [1.54, 1.807) is 6.26 Å². The number of furan rings is 1. The van der Waals surface area contributed by atoms with Crippen LogP contribution in [-0.4, -0.2) is 20.7 Å². The highest BCUT2D eigenvalue weighted by atomic mass is 127. The normalized spacial score (nSPS) is 12.3. The minimum atomic E-state index is 0. The largest absolute Gasteiger partial charge is 0.467 e. The van der Waals surface area contributed by atoms with Gasteiger partial charge in [0.25, 0.3) is 0 Å². The van der Waals surface area contributed by atoms with Crippen LogP contribution in [0.25, 0.3) is 0 Å². The molecule has 0 aliphatic heterocycles. The molecule has 0 aliphatic carbocycles. The van der Waals surface area contributed by atoms with Crippen molar-refractivity contribution < 1.29 is 4.42 Å². The van der Waals surface area contributed by atoms with E-state index in [0.29, 0.717) is 19.0 Å². The molecule has 1 unspecified atom stereocenters. The highest BCUT2D eigenvalue weighted by molar-refractivity contribution is 14.0. The molecule has 2 heterocycles. The van der Waals surface area contributed by atoms with Gasteiger partial charge in [-0.2, -0.15) is 0 Å². The molecule has 0 saturated carbocycles. The highest BCUT2D eigenvalue weighted by Gasteiger charge is 2.10. The van der Waals surface area contributed by atoms with Gasteiger partial charge in [0, 0.05) is 7.05 Å². The molecule has 7 nitrogen and oxygen atoms in total. The van der Waals surface area contributed by atoms with Gasteiger partial charge >= 0.3 is 0 Å². The van der Waals surface area contributed by atoms with Crippen LogP contribution >= 0.6 is 24.0 Å². The molecule has 27 heavy (non-hydrogen) atoms. The number of nitrogens with one attached hydrogen (secondary N) is 2. The molecular weight excluding hydrogens is 455 g/mol. The van der Waals surface area contributed by atoms with Crippen LogP contribution in [0, 0.1) is 6.92 Å². The number of aryl methyl sites for hydroxylation is 1. The van der Waals surface area contributed by atoms with E-state index in [0.717, 1.165) is 17.4 Å². The first-order valence-corrected chi connectivity index (χ1v) is 8.60. The molecule has 0 amide bonds. The Labute approximate surface area is 176 Å². The third-order valence-electron chi connectivity index (χ3n) is 4.22. The predicted molar refractivity (Wildman–Crippen MR) is 116 cm³/mol. The predicted octanol–water partition coefficient (Wildman–Crippen LogP) is 3.33. The van der Waals surface area contributed by atoms with Gasteiger partial charge in [0.15, 0.2) is 11.8 Å². The monoisotopic (exact) mass is 480 g/mol. The summed E-state index contributed by atoms with van der Waals surface area (Å²) in [6.07, 6.45) is 1.66. The second-order valence-electron chi connectivity index (χ2n) is 6.10. The molecule has 0 spiro atoms. The zero-order valence-corrected chi connectivity index (χ0v) is 18.0. The third-order valence-corrected chi connectivity index (χ3v) is 4.22. The molecule has 0 aliphatic rings. The maximum absolute atomic E-state index is 5.39. The fraction of sp³-hybridized carbons (Fsp3) is 0.316. The number of hydrogen-bond donors (Lipinski definition) is 2. The van der Waals surface area contributed by atoms with E-state index in [2.05, 4.69) is 44.9 Å². The van der Waals surface area contributed by atoms with Crippen molar-refractivity contribution in [3.8, 4) is 0 Å². The van der Waals surface area contributed by atoms with E-state index < -0.39 is 0 Å². The van der Waals surface area contributed by atoms with Crippen molar-refractivity contribution in [2.24, 2.45) is 12.0 Å². The maximum atomic E-state index is 5.39. The van der Waals surface area contributed by atoms with Crippen LogP contribution in [0.3, 0.4) is 0 Å². The minimum Gasteiger partial charge on any atom is -0.467 e. The van der Waals surface area contributed by atoms with Crippen molar-refractivity contribution >= 4 is 29.9 Å². The highest BCUT2D eigenvalue weighted by Crippen LogP contribution is 2.11.